The van der Waals surface area contributed by atoms with Gasteiger partial charge in [-0.25, -0.2) is 0 Å². The Bertz CT molecular complexity index is 455. The zero-order valence-electron chi connectivity index (χ0n) is 7.50. The fourth-order valence-electron chi connectivity index (χ4n) is 0.951. The highest BCUT2D eigenvalue weighted by atomic mass is 35.5. The van der Waals surface area contributed by atoms with Gasteiger partial charge in [-0.15, -0.1) is 0 Å². The lowest BCUT2D eigenvalue weighted by Gasteiger charge is -2.01. The Balaban J connectivity index is 3.30. The summed E-state index contributed by atoms with van der Waals surface area (Å²) >= 11 is 11.7. The van der Waals surface area contributed by atoms with Gasteiger partial charge in [0.2, 0.25) is 0 Å². The van der Waals surface area contributed by atoms with Crippen LogP contribution in [0.4, 0.5) is 0 Å². The van der Waals surface area contributed by atoms with Gasteiger partial charge in [0.1, 0.15) is 11.6 Å². The lowest BCUT2D eigenvalue weighted by Crippen LogP contribution is -2.12. The fourth-order valence-corrected chi connectivity index (χ4v) is 1.46. The molecule has 0 saturated carbocycles. The van der Waals surface area contributed by atoms with Crippen molar-refractivity contribution in [3.05, 3.63) is 39.4 Å². The number of carbonyl (C=O) groups is 1. The van der Waals surface area contributed by atoms with Crippen molar-refractivity contribution in [3.8, 4) is 6.07 Å². The third-order valence-corrected chi connectivity index (χ3v) is 2.33. The highest BCUT2D eigenvalue weighted by Crippen LogP contribution is 2.26. The lowest BCUT2D eigenvalue weighted by atomic mass is 10.1. The average Bonchev–Trinajstić information content (AvgIpc) is 2.17. The quantitative estimate of drug-likeness (QED) is 0.638. The van der Waals surface area contributed by atoms with Crippen LogP contribution in [0.1, 0.15) is 5.56 Å². The molecule has 0 aromatic heterocycles. The first kappa shape index (κ1) is 11.6. The van der Waals surface area contributed by atoms with Gasteiger partial charge < -0.3 is 5.73 Å². The molecule has 0 saturated heterocycles. The van der Waals surface area contributed by atoms with Gasteiger partial charge in [0.25, 0.3) is 5.91 Å². The number of rotatable bonds is 2. The van der Waals surface area contributed by atoms with E-state index in [1.54, 1.807) is 24.3 Å². The number of nitriles is 1. The molecule has 0 unspecified atom stereocenters. The van der Waals surface area contributed by atoms with Crippen LogP contribution < -0.4 is 5.73 Å². The average molecular weight is 241 g/mol. The molecular formula is C10H6Cl2N2O. The molecule has 3 nitrogen and oxygen atoms in total. The minimum atomic E-state index is -0.812. The van der Waals surface area contributed by atoms with Gasteiger partial charge in [0, 0.05) is 15.6 Å². The predicted octanol–water partition coefficient (Wildman–Crippen LogP) is 2.39. The van der Waals surface area contributed by atoms with E-state index in [4.69, 9.17) is 34.2 Å². The molecule has 1 rings (SSSR count). The maximum atomic E-state index is 10.8. The molecule has 1 aromatic rings. The molecule has 5 heteroatoms. The molecule has 76 valence electrons. The van der Waals surface area contributed by atoms with Crippen LogP contribution in [0.3, 0.4) is 0 Å². The zero-order valence-corrected chi connectivity index (χ0v) is 9.01. The Morgan fingerprint density at radius 1 is 1.40 bits per heavy atom. The van der Waals surface area contributed by atoms with Crippen LogP contribution in [0, 0.1) is 11.3 Å². The summed E-state index contributed by atoms with van der Waals surface area (Å²) in [5.74, 6) is -0.812. The van der Waals surface area contributed by atoms with Crippen molar-refractivity contribution in [2.24, 2.45) is 5.73 Å². The van der Waals surface area contributed by atoms with E-state index < -0.39 is 5.91 Å². The molecule has 0 fully saturated rings. The monoisotopic (exact) mass is 240 g/mol. The molecule has 1 amide bonds. The van der Waals surface area contributed by atoms with Crippen LogP contribution in [0.25, 0.3) is 6.08 Å². The van der Waals surface area contributed by atoms with E-state index in [-0.39, 0.29) is 5.57 Å². The smallest absolute Gasteiger partial charge is 0.259 e. The molecular weight excluding hydrogens is 235 g/mol. The van der Waals surface area contributed by atoms with E-state index in [1.165, 1.54) is 6.08 Å². The normalized spacial score (nSPS) is 10.9. The van der Waals surface area contributed by atoms with Crippen LogP contribution >= 0.6 is 23.2 Å². The summed E-state index contributed by atoms with van der Waals surface area (Å²) in [6.07, 6.45) is 1.27. The van der Waals surface area contributed by atoms with Crippen LogP contribution in [-0.2, 0) is 4.79 Å². The van der Waals surface area contributed by atoms with E-state index in [1.807, 2.05) is 0 Å². The highest BCUT2D eigenvalue weighted by molar-refractivity contribution is 6.37. The first-order chi connectivity index (χ1) is 7.06. The molecule has 2 N–H and O–H groups in total. The number of nitrogens with zero attached hydrogens (tertiary/aromatic N) is 1. The first-order valence-corrected chi connectivity index (χ1v) is 4.67. The summed E-state index contributed by atoms with van der Waals surface area (Å²) in [6, 6.07) is 6.55. The fraction of sp³-hybridized carbons (Fsp3) is 0. The maximum absolute atomic E-state index is 10.8. The Morgan fingerprint density at radius 2 is 1.93 bits per heavy atom. The SMILES string of the molecule is N#C/C(=C/c1c(Cl)cccc1Cl)C(N)=O. The molecule has 1 aromatic carbocycles. The minimum Gasteiger partial charge on any atom is -0.365 e. The molecule has 0 heterocycles. The third-order valence-electron chi connectivity index (χ3n) is 1.67. The van der Waals surface area contributed by atoms with Crippen molar-refractivity contribution in [2.75, 3.05) is 0 Å². The van der Waals surface area contributed by atoms with Crippen molar-refractivity contribution in [3.63, 3.8) is 0 Å². The van der Waals surface area contributed by atoms with E-state index in [2.05, 4.69) is 0 Å². The van der Waals surface area contributed by atoms with Gasteiger partial charge in [-0.2, -0.15) is 5.26 Å². The number of nitrogens with two attached hydrogens (primary N) is 1. The molecule has 0 spiro atoms. The number of primary amides is 1. The summed E-state index contributed by atoms with van der Waals surface area (Å²) in [7, 11) is 0. The number of hydrogen-bond donors (Lipinski definition) is 1. The number of carbonyl (C=O) groups excluding carboxylic acids is 1. The maximum Gasteiger partial charge on any atom is 0.259 e. The standard InChI is InChI=1S/C10H6Cl2N2O/c11-8-2-1-3-9(12)7(8)4-6(5-13)10(14)15/h1-4H,(H2,14,15)/b6-4-. The molecule has 0 aliphatic rings. The van der Waals surface area contributed by atoms with E-state index in [0.717, 1.165) is 0 Å². The predicted molar refractivity (Wildman–Crippen MR) is 59.2 cm³/mol. The Kier molecular flexibility index (Phi) is 3.73. The van der Waals surface area contributed by atoms with E-state index >= 15 is 0 Å². The van der Waals surface area contributed by atoms with Crippen molar-refractivity contribution in [1.82, 2.24) is 0 Å². The summed E-state index contributed by atoms with van der Waals surface area (Å²) in [4.78, 5) is 10.8. The van der Waals surface area contributed by atoms with Gasteiger partial charge >= 0.3 is 0 Å². The Morgan fingerprint density at radius 3 is 2.33 bits per heavy atom. The summed E-state index contributed by atoms with van der Waals surface area (Å²) in [6.45, 7) is 0. The Hall–Kier alpha value is -1.50. The second-order valence-corrected chi connectivity index (χ2v) is 3.48. The summed E-state index contributed by atoms with van der Waals surface area (Å²) < 4.78 is 0. The molecule has 0 aliphatic heterocycles. The van der Waals surface area contributed by atoms with Crippen LogP contribution in [0.2, 0.25) is 10.0 Å². The zero-order chi connectivity index (χ0) is 11.4. The number of halogens is 2. The molecule has 0 radical (unpaired) electrons. The minimum absolute atomic E-state index is 0.190. The highest BCUT2D eigenvalue weighted by Gasteiger charge is 2.07. The van der Waals surface area contributed by atoms with Gasteiger partial charge in [-0.05, 0) is 18.2 Å². The van der Waals surface area contributed by atoms with Gasteiger partial charge in [0.15, 0.2) is 0 Å². The van der Waals surface area contributed by atoms with Gasteiger partial charge in [0.05, 0.1) is 0 Å². The number of amides is 1. The van der Waals surface area contributed by atoms with Crippen molar-refractivity contribution < 1.29 is 4.79 Å². The largest absolute Gasteiger partial charge is 0.365 e. The van der Waals surface area contributed by atoms with Crippen LogP contribution in [0.15, 0.2) is 23.8 Å². The summed E-state index contributed by atoms with van der Waals surface area (Å²) in [5, 5.41) is 9.35. The second-order valence-electron chi connectivity index (χ2n) is 2.67. The molecule has 0 aliphatic carbocycles. The third kappa shape index (κ3) is 2.72. The Labute approximate surface area is 96.7 Å². The molecule has 0 bridgehead atoms. The molecule has 0 atom stereocenters. The topological polar surface area (TPSA) is 66.9 Å². The molecule has 15 heavy (non-hydrogen) atoms. The number of hydrogen-bond acceptors (Lipinski definition) is 2. The van der Waals surface area contributed by atoms with Crippen molar-refractivity contribution in [1.29, 1.82) is 5.26 Å². The van der Waals surface area contributed by atoms with Crippen LogP contribution in [-0.4, -0.2) is 5.91 Å². The lowest BCUT2D eigenvalue weighted by molar-refractivity contribution is -0.114. The van der Waals surface area contributed by atoms with Crippen LogP contribution in [0.5, 0.6) is 0 Å². The first-order valence-electron chi connectivity index (χ1n) is 3.92. The van der Waals surface area contributed by atoms with E-state index in [0.29, 0.717) is 15.6 Å². The summed E-state index contributed by atoms with van der Waals surface area (Å²) in [5.41, 5.74) is 5.20. The second kappa shape index (κ2) is 4.83. The van der Waals surface area contributed by atoms with Gasteiger partial charge in [-0.3, -0.25) is 4.79 Å². The van der Waals surface area contributed by atoms with Gasteiger partial charge in [-0.1, -0.05) is 29.3 Å². The van der Waals surface area contributed by atoms with Crippen molar-refractivity contribution in [2.45, 2.75) is 0 Å². The number of benzene rings is 1. The van der Waals surface area contributed by atoms with E-state index in [9.17, 15) is 4.79 Å². The van der Waals surface area contributed by atoms with Crippen molar-refractivity contribution >= 4 is 35.2 Å².